The number of aliphatic hydroxyl groups is 1. The third-order valence-corrected chi connectivity index (χ3v) is 4.10. The van der Waals surface area contributed by atoms with Gasteiger partial charge >= 0.3 is 0 Å². The SMILES string of the molecule is CO[C@@]1(c2ccccc2)Oc2ccccc2C(=O)[C@@]1(O)C[N+](=O)[O-]. The van der Waals surface area contributed by atoms with Gasteiger partial charge in [0.1, 0.15) is 5.75 Å². The standard InChI is InChI=1S/C17H15NO6/c1-23-17(12-7-3-2-4-8-12)16(20,11-18(21)22)15(19)13-9-5-6-10-14(13)24-17/h2-10,20H,11H2,1H3/t16-,17-/m0/s1. The number of hydrogen-bond acceptors (Lipinski definition) is 6. The van der Waals surface area contributed by atoms with Gasteiger partial charge in [-0.05, 0) is 12.1 Å². The van der Waals surface area contributed by atoms with Gasteiger partial charge in [0.2, 0.25) is 12.3 Å². The Morgan fingerprint density at radius 1 is 1.17 bits per heavy atom. The lowest BCUT2D eigenvalue weighted by Crippen LogP contribution is -2.66. The van der Waals surface area contributed by atoms with Crippen molar-refractivity contribution in [2.45, 2.75) is 11.4 Å². The summed E-state index contributed by atoms with van der Waals surface area (Å²) < 4.78 is 11.3. The number of methoxy groups -OCH3 is 1. The summed E-state index contributed by atoms with van der Waals surface area (Å²) in [5.41, 5.74) is -2.13. The lowest BCUT2D eigenvalue weighted by Gasteiger charge is -2.45. The Labute approximate surface area is 137 Å². The van der Waals surface area contributed by atoms with E-state index in [-0.39, 0.29) is 11.3 Å². The molecule has 2 aromatic carbocycles. The molecule has 7 heteroatoms. The van der Waals surface area contributed by atoms with Crippen LogP contribution in [0.2, 0.25) is 0 Å². The number of carbonyl (C=O) groups is 1. The predicted molar refractivity (Wildman–Crippen MR) is 83.3 cm³/mol. The van der Waals surface area contributed by atoms with Crippen LogP contribution in [0.1, 0.15) is 15.9 Å². The maximum absolute atomic E-state index is 12.9. The maximum Gasteiger partial charge on any atom is 0.280 e. The van der Waals surface area contributed by atoms with Crippen LogP contribution >= 0.6 is 0 Å². The normalized spacial score (nSPS) is 25.7. The summed E-state index contributed by atoms with van der Waals surface area (Å²) >= 11 is 0. The Morgan fingerprint density at radius 3 is 2.42 bits per heavy atom. The molecule has 0 unspecified atom stereocenters. The first-order chi connectivity index (χ1) is 11.4. The fraction of sp³-hybridized carbons (Fsp3) is 0.235. The van der Waals surface area contributed by atoms with E-state index >= 15 is 0 Å². The summed E-state index contributed by atoms with van der Waals surface area (Å²) in [5.74, 6) is -2.64. The number of Topliss-reactive ketones (excluding diaryl/α,β-unsaturated/α-hetero) is 1. The molecular formula is C17H15NO6. The summed E-state index contributed by atoms with van der Waals surface area (Å²) in [6.45, 7) is -1.05. The van der Waals surface area contributed by atoms with Crippen LogP contribution in [0.15, 0.2) is 54.6 Å². The number of fused-ring (bicyclic) bond motifs is 1. The van der Waals surface area contributed by atoms with E-state index in [1.54, 1.807) is 48.5 Å². The van der Waals surface area contributed by atoms with E-state index in [0.29, 0.717) is 5.56 Å². The first kappa shape index (κ1) is 16.1. The van der Waals surface area contributed by atoms with Crippen molar-refractivity contribution < 1.29 is 24.3 Å². The largest absolute Gasteiger partial charge is 0.453 e. The van der Waals surface area contributed by atoms with Gasteiger partial charge in [-0.3, -0.25) is 14.9 Å². The molecule has 0 aliphatic carbocycles. The Bertz CT molecular complexity index is 793. The molecular weight excluding hydrogens is 314 g/mol. The highest BCUT2D eigenvalue weighted by atomic mass is 16.7. The molecule has 124 valence electrons. The average Bonchev–Trinajstić information content (AvgIpc) is 2.58. The summed E-state index contributed by atoms with van der Waals surface area (Å²) in [7, 11) is 1.24. The number of benzene rings is 2. The predicted octanol–water partition coefficient (Wildman–Crippen LogP) is 1.77. The third kappa shape index (κ3) is 2.17. The second kappa shape index (κ2) is 5.70. The van der Waals surface area contributed by atoms with Crippen LogP contribution in [0.3, 0.4) is 0 Å². The van der Waals surface area contributed by atoms with Gasteiger partial charge in [-0.25, -0.2) is 0 Å². The van der Waals surface area contributed by atoms with Crippen molar-refractivity contribution in [3.8, 4) is 5.75 Å². The number of rotatable bonds is 4. The molecule has 24 heavy (non-hydrogen) atoms. The summed E-state index contributed by atoms with van der Waals surface area (Å²) in [6, 6.07) is 14.5. The van der Waals surface area contributed by atoms with E-state index in [1.165, 1.54) is 13.2 Å². The molecule has 7 nitrogen and oxygen atoms in total. The van der Waals surface area contributed by atoms with Gasteiger partial charge in [0.05, 0.1) is 5.56 Å². The second-order valence-corrected chi connectivity index (χ2v) is 5.47. The van der Waals surface area contributed by atoms with Crippen molar-refractivity contribution in [1.82, 2.24) is 0 Å². The molecule has 0 bridgehead atoms. The molecule has 1 N–H and O–H groups in total. The average molecular weight is 329 g/mol. The van der Waals surface area contributed by atoms with E-state index in [0.717, 1.165) is 0 Å². The van der Waals surface area contributed by atoms with Crippen molar-refractivity contribution in [3.63, 3.8) is 0 Å². The van der Waals surface area contributed by atoms with E-state index in [2.05, 4.69) is 0 Å². The van der Waals surface area contributed by atoms with Crippen molar-refractivity contribution in [3.05, 3.63) is 75.8 Å². The summed E-state index contributed by atoms with van der Waals surface area (Å²) in [4.78, 5) is 23.3. The number of carbonyl (C=O) groups excluding carboxylic acids is 1. The van der Waals surface area contributed by atoms with E-state index < -0.39 is 28.6 Å². The van der Waals surface area contributed by atoms with Gasteiger partial charge < -0.3 is 14.6 Å². The number of hydrogen-bond donors (Lipinski definition) is 1. The Hall–Kier alpha value is -2.77. The first-order valence-corrected chi connectivity index (χ1v) is 7.22. The smallest absolute Gasteiger partial charge is 0.280 e. The molecule has 0 saturated heterocycles. The van der Waals surface area contributed by atoms with Crippen LogP contribution in [-0.4, -0.2) is 35.1 Å². The summed E-state index contributed by atoms with van der Waals surface area (Å²) in [6.07, 6.45) is 0. The molecule has 0 fully saturated rings. The summed E-state index contributed by atoms with van der Waals surface area (Å²) in [5, 5.41) is 22.2. The van der Waals surface area contributed by atoms with Gasteiger partial charge in [-0.2, -0.15) is 0 Å². The molecule has 1 aliphatic rings. The number of ether oxygens (including phenoxy) is 2. The fourth-order valence-corrected chi connectivity index (χ4v) is 3.00. The molecule has 1 heterocycles. The highest BCUT2D eigenvalue weighted by molar-refractivity contribution is 6.06. The monoisotopic (exact) mass is 329 g/mol. The van der Waals surface area contributed by atoms with Gasteiger partial charge in [0, 0.05) is 17.6 Å². The van der Waals surface area contributed by atoms with Crippen molar-refractivity contribution >= 4 is 5.78 Å². The van der Waals surface area contributed by atoms with E-state index in [1.807, 2.05) is 0 Å². The van der Waals surface area contributed by atoms with Crippen molar-refractivity contribution in [2.75, 3.05) is 13.7 Å². The molecule has 0 spiro atoms. The zero-order valence-corrected chi connectivity index (χ0v) is 12.8. The molecule has 1 aliphatic heterocycles. The first-order valence-electron chi connectivity index (χ1n) is 7.22. The Kier molecular flexibility index (Phi) is 3.82. The number of nitro groups is 1. The molecule has 2 atom stereocenters. The van der Waals surface area contributed by atoms with Crippen LogP contribution in [-0.2, 0) is 10.5 Å². The second-order valence-electron chi connectivity index (χ2n) is 5.47. The molecule has 0 aromatic heterocycles. The van der Waals surface area contributed by atoms with Gasteiger partial charge in [-0.1, -0.05) is 42.5 Å². The van der Waals surface area contributed by atoms with Gasteiger partial charge in [0.25, 0.3) is 11.4 Å². The van der Waals surface area contributed by atoms with Crippen LogP contribution in [0.5, 0.6) is 5.75 Å². The number of para-hydroxylation sites is 1. The molecule has 0 radical (unpaired) electrons. The lowest BCUT2D eigenvalue weighted by molar-refractivity contribution is -0.510. The molecule has 2 aromatic rings. The van der Waals surface area contributed by atoms with Gasteiger partial charge in [-0.15, -0.1) is 0 Å². The molecule has 3 rings (SSSR count). The minimum Gasteiger partial charge on any atom is -0.453 e. The Balaban J connectivity index is 2.28. The van der Waals surface area contributed by atoms with Crippen LogP contribution < -0.4 is 4.74 Å². The molecule has 0 saturated carbocycles. The lowest BCUT2D eigenvalue weighted by atomic mass is 9.78. The number of ketones is 1. The van der Waals surface area contributed by atoms with Crippen LogP contribution in [0, 0.1) is 10.1 Å². The Morgan fingerprint density at radius 2 is 1.79 bits per heavy atom. The van der Waals surface area contributed by atoms with E-state index in [4.69, 9.17) is 9.47 Å². The van der Waals surface area contributed by atoms with Crippen LogP contribution in [0.25, 0.3) is 0 Å². The minimum absolute atomic E-state index is 0.0745. The fourth-order valence-electron chi connectivity index (χ4n) is 3.00. The zero-order valence-electron chi connectivity index (χ0n) is 12.8. The zero-order chi connectivity index (χ0) is 17.4. The van der Waals surface area contributed by atoms with Crippen molar-refractivity contribution in [2.24, 2.45) is 0 Å². The van der Waals surface area contributed by atoms with Crippen LogP contribution in [0.4, 0.5) is 0 Å². The van der Waals surface area contributed by atoms with Crippen molar-refractivity contribution in [1.29, 1.82) is 0 Å². The van der Waals surface area contributed by atoms with E-state index in [9.17, 15) is 20.0 Å². The van der Waals surface area contributed by atoms with Gasteiger partial charge in [0.15, 0.2) is 0 Å². The number of nitrogens with zero attached hydrogens (tertiary/aromatic N) is 1. The minimum atomic E-state index is -2.51. The highest BCUT2D eigenvalue weighted by Crippen LogP contribution is 2.46. The maximum atomic E-state index is 12.9. The quantitative estimate of drug-likeness (QED) is 0.678. The highest BCUT2D eigenvalue weighted by Gasteiger charge is 2.66. The molecule has 0 amide bonds. The topological polar surface area (TPSA) is 98.9 Å². The third-order valence-electron chi connectivity index (χ3n) is 4.10.